The average Bonchev–Trinajstić information content (AvgIpc) is 2.94. The Balaban J connectivity index is 1.90. The van der Waals surface area contributed by atoms with Crippen LogP contribution in [0.4, 0.5) is 5.69 Å². The van der Waals surface area contributed by atoms with Crippen molar-refractivity contribution in [2.24, 2.45) is 0 Å². The van der Waals surface area contributed by atoms with E-state index in [2.05, 4.69) is 5.32 Å². The van der Waals surface area contributed by atoms with Gasteiger partial charge in [0.1, 0.15) is 0 Å². The first-order chi connectivity index (χ1) is 10.3. The molecule has 0 bridgehead atoms. The monoisotopic (exact) mass is 281 g/mol. The highest BCUT2D eigenvalue weighted by Crippen LogP contribution is 2.29. The Hall–Kier alpha value is -2.75. The van der Waals surface area contributed by atoms with Crippen molar-refractivity contribution < 1.29 is 13.9 Å². The summed E-state index contributed by atoms with van der Waals surface area (Å²) in [5.74, 6) is 0.634. The van der Waals surface area contributed by atoms with Crippen LogP contribution >= 0.6 is 0 Å². The molecule has 0 spiro atoms. The Morgan fingerprint density at radius 1 is 1.14 bits per heavy atom. The van der Waals surface area contributed by atoms with Crippen LogP contribution in [0.25, 0.3) is 11.0 Å². The number of amides is 1. The smallest absolute Gasteiger partial charge is 0.291 e. The van der Waals surface area contributed by atoms with Crippen LogP contribution in [0, 0.1) is 0 Å². The number of carbonyl (C=O) groups is 1. The zero-order valence-electron chi connectivity index (χ0n) is 11.6. The van der Waals surface area contributed by atoms with Crippen LogP contribution < -0.4 is 10.1 Å². The Labute approximate surface area is 122 Å². The first kappa shape index (κ1) is 13.2. The number of para-hydroxylation sites is 2. The average molecular weight is 281 g/mol. The van der Waals surface area contributed by atoms with Crippen molar-refractivity contribution in [3.8, 4) is 5.75 Å². The molecule has 1 heterocycles. The lowest BCUT2D eigenvalue weighted by Crippen LogP contribution is -2.10. The van der Waals surface area contributed by atoms with Gasteiger partial charge in [-0.3, -0.25) is 4.79 Å². The molecule has 4 heteroatoms. The zero-order valence-corrected chi connectivity index (χ0v) is 11.6. The summed E-state index contributed by atoms with van der Waals surface area (Å²) in [6.07, 6.45) is 0. The number of benzene rings is 2. The molecule has 0 aliphatic rings. The fraction of sp³-hybridized carbons (Fsp3) is 0.118. The molecule has 0 fully saturated rings. The van der Waals surface area contributed by atoms with E-state index in [0.717, 1.165) is 11.1 Å². The van der Waals surface area contributed by atoms with E-state index in [9.17, 15) is 4.79 Å². The SMILES string of the molecule is CCOc1cccc2cc(C(=O)Nc3ccccc3)oc12. The fourth-order valence-electron chi connectivity index (χ4n) is 2.13. The van der Waals surface area contributed by atoms with E-state index in [1.54, 1.807) is 6.07 Å². The second-order valence-electron chi connectivity index (χ2n) is 4.54. The number of fused-ring (bicyclic) bond motifs is 1. The molecule has 4 nitrogen and oxygen atoms in total. The molecular formula is C17H15NO3. The summed E-state index contributed by atoms with van der Waals surface area (Å²) in [6.45, 7) is 2.45. The molecule has 1 amide bonds. The topological polar surface area (TPSA) is 51.5 Å². The summed E-state index contributed by atoms with van der Waals surface area (Å²) >= 11 is 0. The third kappa shape index (κ3) is 2.74. The molecule has 0 saturated carbocycles. The number of hydrogen-bond acceptors (Lipinski definition) is 3. The zero-order chi connectivity index (χ0) is 14.7. The van der Waals surface area contributed by atoms with Gasteiger partial charge in [0.25, 0.3) is 5.91 Å². The predicted octanol–water partition coefficient (Wildman–Crippen LogP) is 4.08. The number of hydrogen-bond donors (Lipinski definition) is 1. The summed E-state index contributed by atoms with van der Waals surface area (Å²) in [4.78, 5) is 12.2. The van der Waals surface area contributed by atoms with Crippen molar-refractivity contribution in [2.45, 2.75) is 6.92 Å². The van der Waals surface area contributed by atoms with E-state index in [-0.39, 0.29) is 11.7 Å². The molecule has 1 aromatic heterocycles. The van der Waals surface area contributed by atoms with Crippen LogP contribution in [0.2, 0.25) is 0 Å². The standard InChI is InChI=1S/C17H15NO3/c1-2-20-14-10-6-7-12-11-15(21-16(12)14)17(19)18-13-8-4-3-5-9-13/h3-11H,2H2,1H3,(H,18,19). The molecule has 0 aliphatic carbocycles. The molecule has 0 aliphatic heterocycles. The lowest BCUT2D eigenvalue weighted by Gasteiger charge is -2.03. The van der Waals surface area contributed by atoms with Crippen LogP contribution in [0.1, 0.15) is 17.5 Å². The Kier molecular flexibility index (Phi) is 3.60. The van der Waals surface area contributed by atoms with Crippen molar-refractivity contribution in [2.75, 3.05) is 11.9 Å². The number of rotatable bonds is 4. The molecule has 3 rings (SSSR count). The van der Waals surface area contributed by atoms with Crippen LogP contribution in [0.5, 0.6) is 5.75 Å². The molecule has 0 saturated heterocycles. The minimum atomic E-state index is -0.278. The maximum absolute atomic E-state index is 12.2. The van der Waals surface area contributed by atoms with Crippen LogP contribution in [0.15, 0.2) is 59.0 Å². The van der Waals surface area contributed by atoms with Gasteiger partial charge in [0.05, 0.1) is 6.61 Å². The first-order valence-corrected chi connectivity index (χ1v) is 6.79. The quantitative estimate of drug-likeness (QED) is 0.783. The van der Waals surface area contributed by atoms with Gasteiger partial charge in [-0.15, -0.1) is 0 Å². The molecule has 21 heavy (non-hydrogen) atoms. The lowest BCUT2D eigenvalue weighted by molar-refractivity contribution is 0.0998. The lowest BCUT2D eigenvalue weighted by atomic mass is 10.2. The van der Waals surface area contributed by atoms with E-state index in [1.165, 1.54) is 0 Å². The number of nitrogens with one attached hydrogen (secondary N) is 1. The van der Waals surface area contributed by atoms with Gasteiger partial charge in [-0.2, -0.15) is 0 Å². The van der Waals surface area contributed by atoms with Gasteiger partial charge >= 0.3 is 0 Å². The van der Waals surface area contributed by atoms with Crippen molar-refractivity contribution in [1.29, 1.82) is 0 Å². The van der Waals surface area contributed by atoms with Gasteiger partial charge in [0.2, 0.25) is 0 Å². The van der Waals surface area contributed by atoms with E-state index in [0.29, 0.717) is 17.9 Å². The number of anilines is 1. The minimum absolute atomic E-state index is 0.265. The molecule has 2 aromatic carbocycles. The van der Waals surface area contributed by atoms with Gasteiger partial charge < -0.3 is 14.5 Å². The fourth-order valence-corrected chi connectivity index (χ4v) is 2.13. The van der Waals surface area contributed by atoms with Gasteiger partial charge in [-0.05, 0) is 31.2 Å². The molecule has 1 N–H and O–H groups in total. The second kappa shape index (κ2) is 5.71. The summed E-state index contributed by atoms with van der Waals surface area (Å²) < 4.78 is 11.2. The molecule has 0 unspecified atom stereocenters. The summed E-state index contributed by atoms with van der Waals surface area (Å²) in [6, 6.07) is 16.6. The van der Waals surface area contributed by atoms with E-state index < -0.39 is 0 Å². The number of furan rings is 1. The number of ether oxygens (including phenoxy) is 1. The summed E-state index contributed by atoms with van der Waals surface area (Å²) in [7, 11) is 0. The Morgan fingerprint density at radius 3 is 2.71 bits per heavy atom. The minimum Gasteiger partial charge on any atom is -0.490 e. The molecule has 0 atom stereocenters. The second-order valence-corrected chi connectivity index (χ2v) is 4.54. The third-order valence-corrected chi connectivity index (χ3v) is 3.06. The summed E-state index contributed by atoms with van der Waals surface area (Å²) in [5, 5.41) is 3.64. The highest BCUT2D eigenvalue weighted by Gasteiger charge is 2.15. The van der Waals surface area contributed by atoms with Crippen LogP contribution in [0.3, 0.4) is 0 Å². The largest absolute Gasteiger partial charge is 0.490 e. The van der Waals surface area contributed by atoms with E-state index >= 15 is 0 Å². The molecule has 0 radical (unpaired) electrons. The molecule has 3 aromatic rings. The van der Waals surface area contributed by atoms with Crippen molar-refractivity contribution >= 4 is 22.6 Å². The first-order valence-electron chi connectivity index (χ1n) is 6.79. The van der Waals surface area contributed by atoms with Crippen molar-refractivity contribution in [3.05, 3.63) is 60.4 Å². The van der Waals surface area contributed by atoms with Crippen LogP contribution in [-0.4, -0.2) is 12.5 Å². The van der Waals surface area contributed by atoms with Gasteiger partial charge in [0, 0.05) is 11.1 Å². The van der Waals surface area contributed by atoms with E-state index in [1.807, 2.05) is 55.5 Å². The Morgan fingerprint density at radius 2 is 1.95 bits per heavy atom. The van der Waals surface area contributed by atoms with Crippen molar-refractivity contribution in [1.82, 2.24) is 0 Å². The van der Waals surface area contributed by atoms with Crippen molar-refractivity contribution in [3.63, 3.8) is 0 Å². The Bertz CT molecular complexity index is 762. The maximum atomic E-state index is 12.2. The maximum Gasteiger partial charge on any atom is 0.291 e. The normalized spacial score (nSPS) is 10.5. The highest BCUT2D eigenvalue weighted by molar-refractivity contribution is 6.05. The molecular weight excluding hydrogens is 266 g/mol. The highest BCUT2D eigenvalue weighted by atomic mass is 16.5. The predicted molar refractivity (Wildman–Crippen MR) is 81.8 cm³/mol. The van der Waals surface area contributed by atoms with Gasteiger partial charge in [-0.1, -0.05) is 30.3 Å². The van der Waals surface area contributed by atoms with E-state index in [4.69, 9.17) is 9.15 Å². The van der Waals surface area contributed by atoms with Crippen LogP contribution in [-0.2, 0) is 0 Å². The van der Waals surface area contributed by atoms with Gasteiger partial charge in [-0.25, -0.2) is 0 Å². The third-order valence-electron chi connectivity index (χ3n) is 3.06. The van der Waals surface area contributed by atoms with Gasteiger partial charge in [0.15, 0.2) is 17.1 Å². The number of carbonyl (C=O) groups excluding carboxylic acids is 1. The molecule has 106 valence electrons. The summed E-state index contributed by atoms with van der Waals surface area (Å²) in [5.41, 5.74) is 1.32.